The minimum Gasteiger partial charge on any atom is -0.271 e. The summed E-state index contributed by atoms with van der Waals surface area (Å²) in [6.07, 6.45) is 7.41. The average molecular weight is 285 g/mol. The Balaban J connectivity index is 2.13. The van der Waals surface area contributed by atoms with Crippen LogP contribution in [0, 0.1) is 12.8 Å². The normalized spacial score (nSPS) is 18.7. The molecule has 0 amide bonds. The van der Waals surface area contributed by atoms with Crippen LogP contribution in [0.25, 0.3) is 0 Å². The Morgan fingerprint density at radius 1 is 1.42 bits per heavy atom. The third-order valence-electron chi connectivity index (χ3n) is 4.30. The zero-order valence-corrected chi connectivity index (χ0v) is 12.7. The summed E-state index contributed by atoms with van der Waals surface area (Å²) in [6.45, 7) is 4.91. The molecule has 2 rings (SSSR count). The van der Waals surface area contributed by atoms with Crippen LogP contribution in [0.1, 0.15) is 50.4 Å². The quantitative estimate of drug-likeness (QED) is 0.646. The van der Waals surface area contributed by atoms with Crippen molar-refractivity contribution in [3.8, 4) is 0 Å². The van der Waals surface area contributed by atoms with Gasteiger partial charge in [0, 0.05) is 19.0 Å². The lowest BCUT2D eigenvalue weighted by Gasteiger charge is -2.30. The molecule has 4 nitrogen and oxygen atoms in total. The van der Waals surface area contributed by atoms with E-state index in [1.165, 1.54) is 32.1 Å². The van der Waals surface area contributed by atoms with Gasteiger partial charge in [0.15, 0.2) is 0 Å². The van der Waals surface area contributed by atoms with Gasteiger partial charge in [0.25, 0.3) is 0 Å². The molecule has 108 valence electrons. The van der Waals surface area contributed by atoms with Crippen LogP contribution in [0.2, 0.25) is 5.02 Å². The lowest BCUT2D eigenvalue weighted by atomic mass is 9.82. The SMILES string of the molecule is CCn1nc(C)c(Cl)c1CC(NN)C1CCCCC1. The van der Waals surface area contributed by atoms with Gasteiger partial charge in [-0.2, -0.15) is 5.10 Å². The van der Waals surface area contributed by atoms with E-state index in [9.17, 15) is 0 Å². The Bertz CT molecular complexity index is 410. The zero-order chi connectivity index (χ0) is 13.8. The lowest BCUT2D eigenvalue weighted by molar-refractivity contribution is 0.265. The highest BCUT2D eigenvalue weighted by Gasteiger charge is 2.25. The summed E-state index contributed by atoms with van der Waals surface area (Å²) in [7, 11) is 0. The summed E-state index contributed by atoms with van der Waals surface area (Å²) in [5, 5.41) is 5.28. The number of aromatic nitrogens is 2. The maximum absolute atomic E-state index is 6.38. The summed E-state index contributed by atoms with van der Waals surface area (Å²) in [6, 6.07) is 0.305. The third kappa shape index (κ3) is 3.30. The number of halogens is 1. The van der Waals surface area contributed by atoms with E-state index < -0.39 is 0 Å². The Morgan fingerprint density at radius 2 is 2.11 bits per heavy atom. The van der Waals surface area contributed by atoms with E-state index in [4.69, 9.17) is 17.4 Å². The molecule has 5 heteroatoms. The molecule has 0 aliphatic heterocycles. The molecule has 3 N–H and O–H groups in total. The second-order valence-corrected chi connectivity index (χ2v) is 5.92. The summed E-state index contributed by atoms with van der Waals surface area (Å²) >= 11 is 6.38. The second kappa shape index (κ2) is 6.73. The predicted molar refractivity (Wildman–Crippen MR) is 79.0 cm³/mol. The smallest absolute Gasteiger partial charge is 0.0847 e. The molecule has 1 aliphatic carbocycles. The molecule has 1 aromatic rings. The summed E-state index contributed by atoms with van der Waals surface area (Å²) in [5.41, 5.74) is 5.04. The monoisotopic (exact) mass is 284 g/mol. The van der Waals surface area contributed by atoms with Crippen molar-refractivity contribution in [3.63, 3.8) is 0 Å². The van der Waals surface area contributed by atoms with E-state index in [-0.39, 0.29) is 0 Å². The molecule has 1 atom stereocenters. The van der Waals surface area contributed by atoms with Crippen molar-refractivity contribution in [2.45, 2.75) is 65.0 Å². The van der Waals surface area contributed by atoms with Gasteiger partial charge in [0.05, 0.1) is 16.4 Å². The average Bonchev–Trinajstić information content (AvgIpc) is 2.72. The fraction of sp³-hybridized carbons (Fsp3) is 0.786. The summed E-state index contributed by atoms with van der Waals surface area (Å²) in [4.78, 5) is 0. The minimum atomic E-state index is 0.305. The number of nitrogens with two attached hydrogens (primary N) is 1. The summed E-state index contributed by atoms with van der Waals surface area (Å²) in [5.74, 6) is 6.44. The standard InChI is InChI=1S/C14H25ClN4/c1-3-19-13(14(15)10(2)18-19)9-12(17-16)11-7-5-4-6-8-11/h11-12,17H,3-9,16H2,1-2H3. The highest BCUT2D eigenvalue weighted by molar-refractivity contribution is 6.31. The van der Waals surface area contributed by atoms with E-state index in [1.807, 2.05) is 11.6 Å². The van der Waals surface area contributed by atoms with Crippen LogP contribution in [-0.4, -0.2) is 15.8 Å². The van der Waals surface area contributed by atoms with Gasteiger partial charge in [-0.05, 0) is 32.6 Å². The van der Waals surface area contributed by atoms with Gasteiger partial charge in [-0.25, -0.2) is 0 Å². The zero-order valence-electron chi connectivity index (χ0n) is 12.0. The molecule has 1 unspecified atom stereocenters. The molecule has 19 heavy (non-hydrogen) atoms. The topological polar surface area (TPSA) is 55.9 Å². The van der Waals surface area contributed by atoms with Gasteiger partial charge in [0.2, 0.25) is 0 Å². The number of hydrazine groups is 1. The fourth-order valence-electron chi connectivity index (χ4n) is 3.17. The Labute approximate surface area is 120 Å². The van der Waals surface area contributed by atoms with Crippen molar-refractivity contribution < 1.29 is 0 Å². The van der Waals surface area contributed by atoms with Gasteiger partial charge in [-0.15, -0.1) is 0 Å². The van der Waals surface area contributed by atoms with Gasteiger partial charge < -0.3 is 0 Å². The Morgan fingerprint density at radius 3 is 2.68 bits per heavy atom. The highest BCUT2D eigenvalue weighted by atomic mass is 35.5. The van der Waals surface area contributed by atoms with Crippen LogP contribution in [-0.2, 0) is 13.0 Å². The molecule has 0 bridgehead atoms. The number of nitrogens with one attached hydrogen (secondary N) is 1. The van der Waals surface area contributed by atoms with Crippen molar-refractivity contribution in [1.82, 2.24) is 15.2 Å². The first-order chi connectivity index (χ1) is 9.17. The Hall–Kier alpha value is -0.580. The van der Waals surface area contributed by atoms with Crippen LogP contribution in [0.5, 0.6) is 0 Å². The van der Waals surface area contributed by atoms with Crippen LogP contribution in [0.15, 0.2) is 0 Å². The van der Waals surface area contributed by atoms with Gasteiger partial charge in [-0.1, -0.05) is 30.9 Å². The van der Waals surface area contributed by atoms with E-state index in [1.54, 1.807) is 0 Å². The lowest BCUT2D eigenvalue weighted by Crippen LogP contribution is -2.43. The third-order valence-corrected chi connectivity index (χ3v) is 4.79. The van der Waals surface area contributed by atoms with Crippen LogP contribution < -0.4 is 11.3 Å². The molecule has 1 fully saturated rings. The van der Waals surface area contributed by atoms with Gasteiger partial charge in [0.1, 0.15) is 0 Å². The molecule has 1 saturated carbocycles. The minimum absolute atomic E-state index is 0.305. The molecule has 0 radical (unpaired) electrons. The first-order valence-electron chi connectivity index (χ1n) is 7.35. The number of rotatable bonds is 5. The maximum atomic E-state index is 6.38. The fourth-order valence-corrected chi connectivity index (χ4v) is 3.38. The first kappa shape index (κ1) is 14.8. The second-order valence-electron chi connectivity index (χ2n) is 5.54. The van der Waals surface area contributed by atoms with E-state index in [2.05, 4.69) is 17.4 Å². The van der Waals surface area contributed by atoms with Gasteiger partial charge >= 0.3 is 0 Å². The highest BCUT2D eigenvalue weighted by Crippen LogP contribution is 2.29. The molecule has 1 aliphatic rings. The van der Waals surface area contributed by atoms with Crippen molar-refractivity contribution in [2.24, 2.45) is 11.8 Å². The first-order valence-corrected chi connectivity index (χ1v) is 7.73. The van der Waals surface area contributed by atoms with Crippen molar-refractivity contribution in [1.29, 1.82) is 0 Å². The van der Waals surface area contributed by atoms with Crippen LogP contribution >= 0.6 is 11.6 Å². The largest absolute Gasteiger partial charge is 0.271 e. The Kier molecular flexibility index (Phi) is 5.25. The number of hydrogen-bond acceptors (Lipinski definition) is 3. The van der Waals surface area contributed by atoms with Crippen molar-refractivity contribution in [2.75, 3.05) is 0 Å². The number of hydrogen-bond donors (Lipinski definition) is 2. The van der Waals surface area contributed by atoms with Crippen molar-refractivity contribution in [3.05, 3.63) is 16.4 Å². The predicted octanol–water partition coefficient (Wildman–Crippen LogP) is 2.82. The van der Waals surface area contributed by atoms with Gasteiger partial charge in [-0.3, -0.25) is 16.0 Å². The molecular weight excluding hydrogens is 260 g/mol. The van der Waals surface area contributed by atoms with E-state index in [0.717, 1.165) is 29.4 Å². The van der Waals surface area contributed by atoms with Crippen LogP contribution in [0.4, 0.5) is 0 Å². The molecule has 0 saturated heterocycles. The number of aryl methyl sites for hydroxylation is 2. The molecule has 1 heterocycles. The molecular formula is C14H25ClN4. The van der Waals surface area contributed by atoms with Crippen molar-refractivity contribution >= 4 is 11.6 Å². The molecule has 1 aromatic heterocycles. The van der Waals surface area contributed by atoms with Crippen LogP contribution in [0.3, 0.4) is 0 Å². The maximum Gasteiger partial charge on any atom is 0.0847 e. The molecule has 0 spiro atoms. The molecule has 0 aromatic carbocycles. The summed E-state index contributed by atoms with van der Waals surface area (Å²) < 4.78 is 2.00. The van der Waals surface area contributed by atoms with E-state index >= 15 is 0 Å². The van der Waals surface area contributed by atoms with E-state index in [0.29, 0.717) is 12.0 Å². The number of nitrogens with zero attached hydrogens (tertiary/aromatic N) is 2.